The molecule has 5 nitrogen and oxygen atoms in total. The topological polar surface area (TPSA) is 83.5 Å². The summed E-state index contributed by atoms with van der Waals surface area (Å²) in [5, 5.41) is 8.76. The van der Waals surface area contributed by atoms with E-state index in [2.05, 4.69) is 4.72 Å². The van der Waals surface area contributed by atoms with E-state index < -0.39 is 21.9 Å². The van der Waals surface area contributed by atoms with E-state index in [9.17, 15) is 13.2 Å². The van der Waals surface area contributed by atoms with Gasteiger partial charge in [-0.3, -0.25) is 4.79 Å². The largest absolute Gasteiger partial charge is 0.481 e. The van der Waals surface area contributed by atoms with Crippen molar-refractivity contribution in [3.8, 4) is 0 Å². The van der Waals surface area contributed by atoms with Crippen LogP contribution in [0.3, 0.4) is 0 Å². The average Bonchev–Trinajstić information content (AvgIpc) is 2.75. The first-order chi connectivity index (χ1) is 9.22. The number of hydrogen-bond acceptors (Lipinski definition) is 4. The molecule has 1 heterocycles. The Morgan fingerprint density at radius 1 is 1.40 bits per heavy atom. The number of halogens is 1. The number of hydrogen-bond donors (Lipinski definition) is 2. The van der Waals surface area contributed by atoms with Crippen LogP contribution in [0.4, 0.5) is 0 Å². The van der Waals surface area contributed by atoms with Gasteiger partial charge in [0.25, 0.3) is 0 Å². The van der Waals surface area contributed by atoms with Crippen LogP contribution in [0, 0.1) is 5.92 Å². The van der Waals surface area contributed by atoms with E-state index in [1.54, 1.807) is 19.9 Å². The van der Waals surface area contributed by atoms with Crippen molar-refractivity contribution in [2.45, 2.75) is 43.4 Å². The van der Waals surface area contributed by atoms with Gasteiger partial charge < -0.3 is 5.11 Å². The fraction of sp³-hybridized carbons (Fsp3) is 0.583. The Morgan fingerprint density at radius 2 is 2.05 bits per heavy atom. The molecule has 2 atom stereocenters. The van der Waals surface area contributed by atoms with Crippen LogP contribution < -0.4 is 4.72 Å². The zero-order valence-electron chi connectivity index (χ0n) is 11.3. The summed E-state index contributed by atoms with van der Waals surface area (Å²) in [5.41, 5.74) is 0. The van der Waals surface area contributed by atoms with Gasteiger partial charge in [-0.15, -0.1) is 11.3 Å². The lowest BCUT2D eigenvalue weighted by Gasteiger charge is -2.14. The van der Waals surface area contributed by atoms with E-state index in [4.69, 9.17) is 16.7 Å². The van der Waals surface area contributed by atoms with Gasteiger partial charge in [0.1, 0.15) is 4.21 Å². The normalized spacial score (nSPS) is 14.9. The van der Waals surface area contributed by atoms with Gasteiger partial charge in [-0.25, -0.2) is 13.1 Å². The third-order valence-corrected chi connectivity index (χ3v) is 6.18. The Hall–Kier alpha value is -0.630. The zero-order valence-corrected chi connectivity index (χ0v) is 13.7. The minimum absolute atomic E-state index is 0.188. The molecule has 0 saturated carbocycles. The number of nitrogens with one attached hydrogen (secondary N) is 1. The van der Waals surface area contributed by atoms with Crippen LogP contribution in [0.2, 0.25) is 4.34 Å². The van der Waals surface area contributed by atoms with Crippen LogP contribution in [0.1, 0.15) is 33.1 Å². The van der Waals surface area contributed by atoms with E-state index in [1.807, 2.05) is 0 Å². The van der Waals surface area contributed by atoms with Crippen LogP contribution in [0.5, 0.6) is 0 Å². The van der Waals surface area contributed by atoms with Crippen LogP contribution >= 0.6 is 22.9 Å². The van der Waals surface area contributed by atoms with Crippen molar-refractivity contribution in [1.29, 1.82) is 0 Å². The molecule has 0 aliphatic heterocycles. The van der Waals surface area contributed by atoms with E-state index in [0.717, 1.165) is 11.3 Å². The van der Waals surface area contributed by atoms with Crippen molar-refractivity contribution < 1.29 is 18.3 Å². The van der Waals surface area contributed by atoms with E-state index in [1.165, 1.54) is 6.07 Å². The Labute approximate surface area is 128 Å². The molecule has 1 aromatic rings. The number of thiophene rings is 1. The van der Waals surface area contributed by atoms with Gasteiger partial charge in [0, 0.05) is 6.04 Å². The van der Waals surface area contributed by atoms with Crippen LogP contribution in [-0.4, -0.2) is 25.5 Å². The summed E-state index contributed by atoms with van der Waals surface area (Å²) < 4.78 is 27.2. The first kappa shape index (κ1) is 17.4. The highest BCUT2D eigenvalue weighted by Gasteiger charge is 2.19. The van der Waals surface area contributed by atoms with Crippen molar-refractivity contribution in [2.24, 2.45) is 5.92 Å². The molecule has 0 aliphatic rings. The SMILES string of the molecule is CC(CCCC(C)C(=O)O)NS(=O)(=O)c1ccc(Cl)s1. The number of carboxylic acid groups (broad SMARTS) is 1. The number of rotatable bonds is 8. The Kier molecular flexibility index (Phi) is 6.44. The smallest absolute Gasteiger partial charge is 0.306 e. The lowest BCUT2D eigenvalue weighted by Crippen LogP contribution is -2.32. The van der Waals surface area contributed by atoms with Crippen LogP contribution in [-0.2, 0) is 14.8 Å². The molecule has 0 bridgehead atoms. The van der Waals surface area contributed by atoms with E-state index in [-0.39, 0.29) is 10.3 Å². The van der Waals surface area contributed by atoms with Crippen molar-refractivity contribution >= 4 is 38.9 Å². The molecular formula is C12H18ClNO4S2. The summed E-state index contributed by atoms with van der Waals surface area (Å²) in [6.45, 7) is 3.41. The van der Waals surface area contributed by atoms with Gasteiger partial charge in [-0.05, 0) is 31.9 Å². The lowest BCUT2D eigenvalue weighted by molar-refractivity contribution is -0.141. The fourth-order valence-corrected chi connectivity index (χ4v) is 4.46. The molecular weight excluding hydrogens is 322 g/mol. The maximum absolute atomic E-state index is 12.0. The summed E-state index contributed by atoms with van der Waals surface area (Å²) >= 11 is 6.73. The van der Waals surface area contributed by atoms with Gasteiger partial charge in [-0.2, -0.15) is 0 Å². The Bertz CT molecular complexity index is 556. The molecule has 1 aromatic heterocycles. The lowest BCUT2D eigenvalue weighted by atomic mass is 10.0. The first-order valence-corrected chi connectivity index (χ1v) is 8.90. The van der Waals surface area contributed by atoms with Gasteiger partial charge in [-0.1, -0.05) is 24.9 Å². The molecule has 0 fully saturated rings. The molecule has 1 rings (SSSR count). The first-order valence-electron chi connectivity index (χ1n) is 6.23. The highest BCUT2D eigenvalue weighted by molar-refractivity contribution is 7.91. The molecule has 8 heteroatoms. The maximum atomic E-state index is 12.0. The zero-order chi connectivity index (χ0) is 15.3. The van der Waals surface area contributed by atoms with Crippen molar-refractivity contribution in [3.05, 3.63) is 16.5 Å². The second-order valence-electron chi connectivity index (χ2n) is 4.75. The molecule has 0 radical (unpaired) electrons. The van der Waals surface area contributed by atoms with Gasteiger partial charge in [0.15, 0.2) is 0 Å². The Balaban J connectivity index is 2.46. The number of carboxylic acids is 1. The number of aliphatic carboxylic acids is 1. The second kappa shape index (κ2) is 7.40. The predicted octanol–water partition coefficient (Wildman–Crippen LogP) is 2.96. The van der Waals surface area contributed by atoms with E-state index >= 15 is 0 Å². The molecule has 20 heavy (non-hydrogen) atoms. The molecule has 0 amide bonds. The molecule has 0 aliphatic carbocycles. The third-order valence-electron chi connectivity index (χ3n) is 2.87. The van der Waals surface area contributed by atoms with Crippen molar-refractivity contribution in [3.63, 3.8) is 0 Å². The van der Waals surface area contributed by atoms with E-state index in [0.29, 0.717) is 23.6 Å². The van der Waals surface area contributed by atoms with Crippen LogP contribution in [0.25, 0.3) is 0 Å². The maximum Gasteiger partial charge on any atom is 0.306 e. The molecule has 0 saturated heterocycles. The number of sulfonamides is 1. The summed E-state index contributed by atoms with van der Waals surface area (Å²) in [7, 11) is -3.54. The summed E-state index contributed by atoms with van der Waals surface area (Å²) in [6, 6.07) is 2.76. The minimum Gasteiger partial charge on any atom is -0.481 e. The van der Waals surface area contributed by atoms with Gasteiger partial charge in [0.2, 0.25) is 10.0 Å². The summed E-state index contributed by atoms with van der Waals surface area (Å²) in [4.78, 5) is 10.7. The highest BCUT2D eigenvalue weighted by atomic mass is 35.5. The minimum atomic E-state index is -3.54. The van der Waals surface area contributed by atoms with Crippen molar-refractivity contribution in [2.75, 3.05) is 0 Å². The molecule has 2 N–H and O–H groups in total. The predicted molar refractivity (Wildman–Crippen MR) is 79.8 cm³/mol. The second-order valence-corrected chi connectivity index (χ2v) is 8.41. The molecule has 0 aromatic carbocycles. The number of carbonyl (C=O) groups is 1. The van der Waals surface area contributed by atoms with Crippen molar-refractivity contribution in [1.82, 2.24) is 4.72 Å². The average molecular weight is 340 g/mol. The molecule has 0 spiro atoms. The Morgan fingerprint density at radius 3 is 2.55 bits per heavy atom. The third kappa shape index (κ3) is 5.40. The summed E-state index contributed by atoms with van der Waals surface area (Å²) in [5.74, 6) is -1.23. The monoisotopic (exact) mass is 339 g/mol. The quantitative estimate of drug-likeness (QED) is 0.762. The molecule has 114 valence electrons. The van der Waals surface area contributed by atoms with Gasteiger partial charge >= 0.3 is 5.97 Å². The standard InChI is InChI=1S/C12H18ClNO4S2/c1-8(12(15)16)4-3-5-9(2)14-20(17,18)11-7-6-10(13)19-11/h6-9,14H,3-5H2,1-2H3,(H,15,16). The molecule has 2 unspecified atom stereocenters. The highest BCUT2D eigenvalue weighted by Crippen LogP contribution is 2.25. The fourth-order valence-electron chi connectivity index (χ4n) is 1.68. The summed E-state index contributed by atoms with van der Waals surface area (Å²) in [6.07, 6.45) is 1.78. The van der Waals surface area contributed by atoms with Gasteiger partial charge in [0.05, 0.1) is 10.3 Å². The van der Waals surface area contributed by atoms with Crippen LogP contribution in [0.15, 0.2) is 16.3 Å².